The Kier molecular flexibility index (Phi) is 8.02. The molecular formula is C17H25N9O4S2. The van der Waals surface area contributed by atoms with Crippen LogP contribution in [0.4, 0.5) is 5.95 Å². The standard InChI is InChI=1S/C17H21N7O4S2.H4N2/c1-8(7-18)29(25)12-6-5-9(13(16(19)20)15(12)30(26,27)28-22)10-3-2-4-11-14(10)24-17(21)23-11;1-2/h2-6,8H,7,18,22H2,1H3,(H3,19,20)(H3,21,23,24);1-2H2. The quantitative estimate of drug-likeness (QED) is 0.0868. The molecule has 0 saturated carbocycles. The summed E-state index contributed by atoms with van der Waals surface area (Å²) in [5.74, 6) is 12.6. The number of hydrogen-bond donors (Lipinski definition) is 8. The summed E-state index contributed by atoms with van der Waals surface area (Å²) in [6, 6.07) is 7.99. The van der Waals surface area contributed by atoms with Crippen molar-refractivity contribution in [2.24, 2.45) is 29.0 Å². The molecule has 32 heavy (non-hydrogen) atoms. The Labute approximate surface area is 186 Å². The molecule has 1 heterocycles. The van der Waals surface area contributed by atoms with Crippen molar-refractivity contribution in [3.8, 4) is 11.1 Å². The van der Waals surface area contributed by atoms with E-state index in [-0.39, 0.29) is 28.5 Å². The van der Waals surface area contributed by atoms with Crippen LogP contribution in [0.1, 0.15) is 12.5 Å². The van der Waals surface area contributed by atoms with E-state index in [0.29, 0.717) is 16.6 Å². The lowest BCUT2D eigenvalue weighted by Gasteiger charge is -2.19. The van der Waals surface area contributed by atoms with Crippen LogP contribution in [-0.4, -0.2) is 40.2 Å². The molecule has 0 spiro atoms. The van der Waals surface area contributed by atoms with Gasteiger partial charge in [-0.25, -0.2) is 4.98 Å². The third kappa shape index (κ3) is 4.63. The highest BCUT2D eigenvalue weighted by molar-refractivity contribution is 7.89. The third-order valence-electron chi connectivity index (χ3n) is 4.50. The van der Waals surface area contributed by atoms with Gasteiger partial charge in [0, 0.05) is 22.9 Å². The largest absolute Gasteiger partial charge is 0.384 e. The van der Waals surface area contributed by atoms with Gasteiger partial charge in [-0.05, 0) is 24.6 Å². The summed E-state index contributed by atoms with van der Waals surface area (Å²) in [5.41, 5.74) is 18.7. The fraction of sp³-hybridized carbons (Fsp3) is 0.176. The van der Waals surface area contributed by atoms with Crippen molar-refractivity contribution in [3.63, 3.8) is 0 Å². The number of benzene rings is 2. The van der Waals surface area contributed by atoms with Crippen LogP contribution in [0, 0.1) is 5.41 Å². The summed E-state index contributed by atoms with van der Waals surface area (Å²) in [6.45, 7) is 1.64. The highest BCUT2D eigenvalue weighted by atomic mass is 32.2. The molecule has 15 heteroatoms. The van der Waals surface area contributed by atoms with Crippen LogP contribution in [0.15, 0.2) is 40.1 Å². The van der Waals surface area contributed by atoms with Gasteiger partial charge >= 0.3 is 10.1 Å². The van der Waals surface area contributed by atoms with Gasteiger partial charge in [-0.15, -0.1) is 0 Å². The molecule has 13 nitrogen and oxygen atoms in total. The fourth-order valence-corrected chi connectivity index (χ4v) is 5.61. The first-order valence-electron chi connectivity index (χ1n) is 8.95. The van der Waals surface area contributed by atoms with Crippen molar-refractivity contribution < 1.29 is 16.9 Å². The molecule has 1 aromatic heterocycles. The molecule has 3 rings (SSSR count). The monoisotopic (exact) mass is 483 g/mol. The molecule has 2 aromatic carbocycles. The maximum atomic E-state index is 12.9. The van der Waals surface area contributed by atoms with Crippen molar-refractivity contribution in [3.05, 3.63) is 35.9 Å². The second-order valence-corrected chi connectivity index (χ2v) is 9.80. The van der Waals surface area contributed by atoms with E-state index in [1.807, 2.05) is 0 Å². The number of para-hydroxylation sites is 1. The minimum Gasteiger partial charge on any atom is -0.384 e. The molecule has 0 amide bonds. The Hall–Kier alpha value is -2.92. The molecule has 0 aliphatic heterocycles. The fourth-order valence-electron chi connectivity index (χ4n) is 3.08. The minimum atomic E-state index is -4.60. The number of hydrazine groups is 1. The van der Waals surface area contributed by atoms with Crippen LogP contribution < -0.4 is 34.8 Å². The van der Waals surface area contributed by atoms with Gasteiger partial charge in [-0.3, -0.25) is 21.3 Å². The number of rotatable bonds is 7. The van der Waals surface area contributed by atoms with Crippen LogP contribution in [0.3, 0.4) is 0 Å². The number of nitrogens with two attached hydrogens (primary N) is 6. The molecular weight excluding hydrogens is 458 g/mol. The molecule has 2 atom stereocenters. The van der Waals surface area contributed by atoms with E-state index in [0.717, 1.165) is 0 Å². The Morgan fingerprint density at radius 3 is 2.47 bits per heavy atom. The zero-order chi connectivity index (χ0) is 24.2. The molecule has 14 N–H and O–H groups in total. The van der Waals surface area contributed by atoms with Crippen molar-refractivity contribution in [2.75, 3.05) is 12.3 Å². The van der Waals surface area contributed by atoms with E-state index in [4.69, 9.17) is 28.5 Å². The van der Waals surface area contributed by atoms with E-state index < -0.39 is 36.9 Å². The van der Waals surface area contributed by atoms with Crippen molar-refractivity contribution in [2.45, 2.75) is 22.0 Å². The van der Waals surface area contributed by atoms with Gasteiger partial charge in [0.25, 0.3) is 0 Å². The van der Waals surface area contributed by atoms with Gasteiger partial charge in [0.1, 0.15) is 10.7 Å². The van der Waals surface area contributed by atoms with Gasteiger partial charge in [-0.2, -0.15) is 18.6 Å². The Morgan fingerprint density at radius 1 is 1.25 bits per heavy atom. The maximum absolute atomic E-state index is 12.9. The number of imidazole rings is 1. The van der Waals surface area contributed by atoms with Crippen LogP contribution in [0.5, 0.6) is 0 Å². The molecule has 174 valence electrons. The normalized spacial score (nSPS) is 13.3. The van der Waals surface area contributed by atoms with Crippen LogP contribution in [0.2, 0.25) is 0 Å². The van der Waals surface area contributed by atoms with E-state index in [2.05, 4.69) is 25.9 Å². The number of hydrogen-bond acceptors (Lipinski definition) is 11. The van der Waals surface area contributed by atoms with E-state index in [1.54, 1.807) is 25.1 Å². The van der Waals surface area contributed by atoms with Gasteiger partial charge in [0.05, 0.1) is 26.7 Å². The molecule has 0 aliphatic carbocycles. The van der Waals surface area contributed by atoms with Crippen molar-refractivity contribution in [1.29, 1.82) is 5.41 Å². The maximum Gasteiger partial charge on any atom is 0.314 e. The summed E-state index contributed by atoms with van der Waals surface area (Å²) in [7, 11) is -6.44. The molecule has 0 aliphatic rings. The number of nitrogens with one attached hydrogen (secondary N) is 2. The van der Waals surface area contributed by atoms with Crippen LogP contribution in [-0.2, 0) is 25.2 Å². The number of nitrogens with zero attached hydrogens (tertiary/aromatic N) is 1. The zero-order valence-electron chi connectivity index (χ0n) is 17.0. The molecule has 0 fully saturated rings. The average molecular weight is 484 g/mol. The highest BCUT2D eigenvalue weighted by Gasteiger charge is 2.32. The number of amidine groups is 1. The molecule has 3 aromatic rings. The Balaban J connectivity index is 0.00000176. The van der Waals surface area contributed by atoms with Gasteiger partial charge < -0.3 is 22.2 Å². The summed E-state index contributed by atoms with van der Waals surface area (Å²) >= 11 is 0. The first-order valence-corrected chi connectivity index (χ1v) is 11.6. The first kappa shape index (κ1) is 25.3. The Morgan fingerprint density at radius 2 is 1.91 bits per heavy atom. The van der Waals surface area contributed by atoms with Crippen LogP contribution >= 0.6 is 0 Å². The summed E-state index contributed by atoms with van der Waals surface area (Å²) < 4.78 is 42.5. The second kappa shape index (κ2) is 10.1. The van der Waals surface area contributed by atoms with Crippen LogP contribution in [0.25, 0.3) is 22.2 Å². The lowest BCUT2D eigenvalue weighted by Crippen LogP contribution is -2.26. The summed E-state index contributed by atoms with van der Waals surface area (Å²) in [6.07, 6.45) is 0. The van der Waals surface area contributed by atoms with E-state index in [1.165, 1.54) is 12.1 Å². The molecule has 0 radical (unpaired) electrons. The third-order valence-corrected chi connectivity index (χ3v) is 7.51. The number of anilines is 1. The first-order chi connectivity index (χ1) is 15.1. The molecule has 0 saturated heterocycles. The van der Waals surface area contributed by atoms with Gasteiger partial charge in [-0.1, -0.05) is 18.2 Å². The number of nitrogen functional groups attached to an aromatic ring is 2. The van der Waals surface area contributed by atoms with E-state index >= 15 is 0 Å². The Bertz CT molecular complexity index is 1270. The smallest absolute Gasteiger partial charge is 0.314 e. The number of fused-ring (bicyclic) bond motifs is 1. The zero-order valence-corrected chi connectivity index (χ0v) is 18.7. The SMILES string of the molecule is CC(CN)S(=O)c1ccc(-c2cccc3[nH]c(N)nc23)c(C(=N)N)c1S(=O)(=O)ON.NN. The topological polar surface area (TPSA) is 269 Å². The van der Waals surface area contributed by atoms with Gasteiger partial charge in [0.2, 0.25) is 0 Å². The molecule has 2 unspecified atom stereocenters. The number of aromatic nitrogens is 2. The predicted molar refractivity (Wildman–Crippen MR) is 123 cm³/mol. The number of aromatic amines is 1. The van der Waals surface area contributed by atoms with Crippen molar-refractivity contribution >= 4 is 43.7 Å². The van der Waals surface area contributed by atoms with Gasteiger partial charge in [0.15, 0.2) is 5.95 Å². The predicted octanol–water partition coefficient (Wildman–Crippen LogP) is -1.05. The number of H-pyrrole nitrogens is 1. The lowest BCUT2D eigenvalue weighted by atomic mass is 9.97. The summed E-state index contributed by atoms with van der Waals surface area (Å²) in [4.78, 5) is 6.45. The van der Waals surface area contributed by atoms with Crippen molar-refractivity contribution in [1.82, 2.24) is 9.97 Å². The summed E-state index contributed by atoms with van der Waals surface area (Å²) in [5, 5.41) is 7.49. The molecule has 0 bridgehead atoms. The lowest BCUT2D eigenvalue weighted by molar-refractivity contribution is 0.331. The van der Waals surface area contributed by atoms with E-state index in [9.17, 15) is 12.6 Å². The highest BCUT2D eigenvalue weighted by Crippen LogP contribution is 2.37. The second-order valence-electron chi connectivity index (χ2n) is 6.45. The minimum absolute atomic E-state index is 0.0403. The average Bonchev–Trinajstić information content (AvgIpc) is 3.18.